The highest BCUT2D eigenvalue weighted by molar-refractivity contribution is 7.91. The van der Waals surface area contributed by atoms with Crippen molar-refractivity contribution < 1.29 is 8.42 Å². The standard InChI is InChI=1S/C5H9N3O2S2/c1-7-5-3(12(2,9)10)4(6)8-11-5/h7H,1-2H3,(H2,6,8). The summed E-state index contributed by atoms with van der Waals surface area (Å²) in [4.78, 5) is 0.0926. The second kappa shape index (κ2) is 2.91. The second-order valence-electron chi connectivity index (χ2n) is 2.25. The molecule has 1 rings (SSSR count). The molecule has 12 heavy (non-hydrogen) atoms. The molecule has 68 valence electrons. The normalized spacial score (nSPS) is 11.5. The van der Waals surface area contributed by atoms with E-state index in [1.165, 1.54) is 0 Å². The molecule has 0 atom stereocenters. The van der Waals surface area contributed by atoms with E-state index in [9.17, 15) is 8.42 Å². The lowest BCUT2D eigenvalue weighted by atomic mass is 10.6. The van der Waals surface area contributed by atoms with Gasteiger partial charge in [-0.3, -0.25) is 0 Å². The van der Waals surface area contributed by atoms with Crippen LogP contribution in [-0.4, -0.2) is 26.1 Å². The maximum Gasteiger partial charge on any atom is 0.182 e. The fraction of sp³-hybridized carbons (Fsp3) is 0.400. The SMILES string of the molecule is CNc1snc(N)c1S(C)(=O)=O. The summed E-state index contributed by atoms with van der Waals surface area (Å²) in [6.07, 6.45) is 1.11. The molecule has 7 heteroatoms. The van der Waals surface area contributed by atoms with Gasteiger partial charge in [-0.05, 0) is 11.5 Å². The van der Waals surface area contributed by atoms with Gasteiger partial charge in [0.1, 0.15) is 9.90 Å². The lowest BCUT2D eigenvalue weighted by Crippen LogP contribution is -2.03. The highest BCUT2D eigenvalue weighted by Gasteiger charge is 2.19. The molecule has 0 aliphatic heterocycles. The Morgan fingerprint density at radius 3 is 2.50 bits per heavy atom. The van der Waals surface area contributed by atoms with Crippen molar-refractivity contribution in [1.82, 2.24) is 4.37 Å². The van der Waals surface area contributed by atoms with E-state index >= 15 is 0 Å². The number of anilines is 2. The van der Waals surface area contributed by atoms with Gasteiger partial charge in [0.15, 0.2) is 15.7 Å². The number of nitrogen functional groups attached to an aromatic ring is 1. The topological polar surface area (TPSA) is 85.1 Å². The van der Waals surface area contributed by atoms with Crippen molar-refractivity contribution in [3.8, 4) is 0 Å². The van der Waals surface area contributed by atoms with Crippen LogP contribution in [0.1, 0.15) is 0 Å². The summed E-state index contributed by atoms with van der Waals surface area (Å²) in [5.41, 5.74) is 5.38. The maximum absolute atomic E-state index is 11.1. The van der Waals surface area contributed by atoms with Crippen LogP contribution in [0.3, 0.4) is 0 Å². The number of sulfone groups is 1. The summed E-state index contributed by atoms with van der Waals surface area (Å²) in [5.74, 6) is 0.0619. The van der Waals surface area contributed by atoms with E-state index in [2.05, 4.69) is 9.69 Å². The number of nitrogens with zero attached hydrogens (tertiary/aromatic N) is 1. The van der Waals surface area contributed by atoms with Gasteiger partial charge in [0.25, 0.3) is 0 Å². The van der Waals surface area contributed by atoms with Crippen LogP contribution in [0.4, 0.5) is 10.8 Å². The minimum absolute atomic E-state index is 0.0619. The molecule has 0 fully saturated rings. The number of aromatic nitrogens is 1. The number of nitrogens with one attached hydrogen (secondary N) is 1. The van der Waals surface area contributed by atoms with Crippen LogP contribution in [0.5, 0.6) is 0 Å². The van der Waals surface area contributed by atoms with E-state index in [1.54, 1.807) is 7.05 Å². The van der Waals surface area contributed by atoms with Gasteiger partial charge < -0.3 is 11.1 Å². The van der Waals surface area contributed by atoms with Gasteiger partial charge in [-0.1, -0.05) is 0 Å². The molecule has 0 spiro atoms. The van der Waals surface area contributed by atoms with Crippen molar-refractivity contribution in [1.29, 1.82) is 0 Å². The van der Waals surface area contributed by atoms with Gasteiger partial charge in [-0.15, -0.1) is 0 Å². The molecule has 0 saturated carbocycles. The van der Waals surface area contributed by atoms with Gasteiger partial charge in [0.05, 0.1) is 0 Å². The Kier molecular flexibility index (Phi) is 2.25. The predicted molar refractivity (Wildman–Crippen MR) is 49.2 cm³/mol. The van der Waals surface area contributed by atoms with Gasteiger partial charge >= 0.3 is 0 Å². The van der Waals surface area contributed by atoms with Gasteiger partial charge in [-0.2, -0.15) is 4.37 Å². The summed E-state index contributed by atoms with van der Waals surface area (Å²) in [7, 11) is -1.65. The fourth-order valence-electron chi connectivity index (χ4n) is 0.812. The molecule has 0 aliphatic carbocycles. The summed E-state index contributed by atoms with van der Waals surface area (Å²) in [5, 5.41) is 3.20. The van der Waals surface area contributed by atoms with Crippen LogP contribution >= 0.6 is 11.5 Å². The van der Waals surface area contributed by atoms with Crippen molar-refractivity contribution in [2.75, 3.05) is 24.4 Å². The van der Waals surface area contributed by atoms with Crippen LogP contribution in [0.2, 0.25) is 0 Å². The molecule has 3 N–H and O–H groups in total. The number of nitrogens with two attached hydrogens (primary N) is 1. The van der Waals surface area contributed by atoms with E-state index in [-0.39, 0.29) is 10.7 Å². The molecule has 1 aromatic rings. The fourth-order valence-corrected chi connectivity index (χ4v) is 2.86. The van der Waals surface area contributed by atoms with Crippen LogP contribution in [0, 0.1) is 0 Å². The van der Waals surface area contributed by atoms with Crippen molar-refractivity contribution >= 4 is 32.2 Å². The zero-order chi connectivity index (χ0) is 9.35. The molecular formula is C5H9N3O2S2. The average molecular weight is 207 g/mol. The van der Waals surface area contributed by atoms with Crippen LogP contribution in [-0.2, 0) is 9.84 Å². The quantitative estimate of drug-likeness (QED) is 0.722. The summed E-state index contributed by atoms with van der Waals surface area (Å²) in [6.45, 7) is 0. The average Bonchev–Trinajstić information content (AvgIpc) is 2.29. The Morgan fingerprint density at radius 2 is 2.17 bits per heavy atom. The minimum atomic E-state index is -3.27. The van der Waals surface area contributed by atoms with Gasteiger partial charge in [0.2, 0.25) is 0 Å². The Morgan fingerprint density at radius 1 is 1.58 bits per heavy atom. The molecule has 0 saturated heterocycles. The van der Waals surface area contributed by atoms with E-state index in [0.717, 1.165) is 17.8 Å². The molecular weight excluding hydrogens is 198 g/mol. The molecule has 1 heterocycles. The first-order chi connectivity index (χ1) is 5.46. The van der Waals surface area contributed by atoms with E-state index in [0.29, 0.717) is 5.00 Å². The molecule has 0 aromatic carbocycles. The Bertz CT molecular complexity index is 381. The van der Waals surface area contributed by atoms with Gasteiger partial charge in [-0.25, -0.2) is 8.42 Å². The van der Waals surface area contributed by atoms with Gasteiger partial charge in [0, 0.05) is 13.3 Å². The molecule has 1 aromatic heterocycles. The van der Waals surface area contributed by atoms with E-state index in [4.69, 9.17) is 5.73 Å². The predicted octanol–water partition coefficient (Wildman–Crippen LogP) is 0.170. The first-order valence-corrected chi connectivity index (χ1v) is 5.76. The third-order valence-electron chi connectivity index (χ3n) is 1.27. The number of rotatable bonds is 2. The highest BCUT2D eigenvalue weighted by Crippen LogP contribution is 2.30. The third kappa shape index (κ3) is 1.51. The maximum atomic E-state index is 11.1. The molecule has 0 amide bonds. The van der Waals surface area contributed by atoms with E-state index in [1.807, 2.05) is 0 Å². The first kappa shape index (κ1) is 9.27. The lowest BCUT2D eigenvalue weighted by Gasteiger charge is -1.98. The van der Waals surface area contributed by atoms with E-state index < -0.39 is 9.84 Å². The Balaban J connectivity index is 3.39. The van der Waals surface area contributed by atoms with Crippen molar-refractivity contribution in [2.45, 2.75) is 4.90 Å². The molecule has 0 aliphatic rings. The minimum Gasteiger partial charge on any atom is -0.382 e. The summed E-state index contributed by atoms with van der Waals surface area (Å²) < 4.78 is 26.0. The molecule has 5 nitrogen and oxygen atoms in total. The van der Waals surface area contributed by atoms with Crippen molar-refractivity contribution in [2.24, 2.45) is 0 Å². The third-order valence-corrected chi connectivity index (χ3v) is 3.43. The molecule has 0 bridgehead atoms. The smallest absolute Gasteiger partial charge is 0.182 e. The summed E-state index contributed by atoms with van der Waals surface area (Å²) in [6, 6.07) is 0. The highest BCUT2D eigenvalue weighted by atomic mass is 32.2. The number of hydrogen-bond acceptors (Lipinski definition) is 6. The Labute approximate surface area is 74.7 Å². The van der Waals surface area contributed by atoms with Crippen LogP contribution in [0.15, 0.2) is 4.90 Å². The van der Waals surface area contributed by atoms with Crippen molar-refractivity contribution in [3.63, 3.8) is 0 Å². The molecule has 0 radical (unpaired) electrons. The first-order valence-electron chi connectivity index (χ1n) is 3.09. The van der Waals surface area contributed by atoms with Crippen molar-refractivity contribution in [3.05, 3.63) is 0 Å². The monoisotopic (exact) mass is 207 g/mol. The summed E-state index contributed by atoms with van der Waals surface area (Å²) >= 11 is 1.04. The zero-order valence-corrected chi connectivity index (χ0v) is 8.29. The largest absolute Gasteiger partial charge is 0.382 e. The Hall–Kier alpha value is -0.820. The molecule has 0 unspecified atom stereocenters. The number of hydrogen-bond donors (Lipinski definition) is 2. The van der Waals surface area contributed by atoms with Crippen LogP contribution in [0.25, 0.3) is 0 Å². The zero-order valence-electron chi connectivity index (χ0n) is 6.66. The lowest BCUT2D eigenvalue weighted by molar-refractivity contribution is 0.602. The van der Waals surface area contributed by atoms with Crippen LogP contribution < -0.4 is 11.1 Å². The second-order valence-corrected chi connectivity index (χ2v) is 4.97.